The van der Waals surface area contributed by atoms with E-state index in [-0.39, 0.29) is 12.4 Å². The lowest BCUT2D eigenvalue weighted by molar-refractivity contribution is 0.186. The molecule has 2 N–H and O–H groups in total. The number of hydrogen-bond donors (Lipinski definition) is 2. The van der Waals surface area contributed by atoms with Crippen LogP contribution in [0.5, 0.6) is 0 Å². The molecule has 2 nitrogen and oxygen atoms in total. The van der Waals surface area contributed by atoms with E-state index in [1.165, 1.54) is 12.8 Å². The fraction of sp³-hybridized carbons (Fsp3) is 1.00. The minimum Gasteiger partial charge on any atom is -0.396 e. The predicted octanol–water partition coefficient (Wildman–Crippen LogP) is 0.789. The molecule has 1 heterocycles. The Morgan fingerprint density at radius 2 is 2.20 bits per heavy atom. The van der Waals surface area contributed by atoms with E-state index in [1.54, 1.807) is 0 Å². The second kappa shape index (κ2) is 4.94. The molecule has 0 bridgehead atoms. The van der Waals surface area contributed by atoms with Gasteiger partial charge in [-0.15, -0.1) is 12.4 Å². The Hall–Kier alpha value is 0.210. The third-order valence-electron chi connectivity index (χ3n) is 2.02. The summed E-state index contributed by atoms with van der Waals surface area (Å²) in [5, 5.41) is 12.1. The van der Waals surface area contributed by atoms with Gasteiger partial charge in [-0.3, -0.25) is 0 Å². The molecular weight excluding hydrogens is 150 g/mol. The number of piperidine rings is 1. The molecule has 1 aliphatic rings. The van der Waals surface area contributed by atoms with Crippen molar-refractivity contribution in [1.29, 1.82) is 0 Å². The monoisotopic (exact) mass is 165 g/mol. The van der Waals surface area contributed by atoms with Gasteiger partial charge in [-0.25, -0.2) is 0 Å². The Bertz CT molecular complexity index is 81.7. The van der Waals surface area contributed by atoms with Crippen LogP contribution < -0.4 is 5.32 Å². The number of nitrogens with one attached hydrogen (secondary N) is 1. The van der Waals surface area contributed by atoms with E-state index in [2.05, 4.69) is 12.2 Å². The molecular formula is C7H16ClNO. The summed E-state index contributed by atoms with van der Waals surface area (Å²) in [7, 11) is 0. The lowest BCUT2D eigenvalue weighted by Crippen LogP contribution is -2.38. The van der Waals surface area contributed by atoms with Crippen molar-refractivity contribution in [2.45, 2.75) is 25.8 Å². The summed E-state index contributed by atoms with van der Waals surface area (Å²) < 4.78 is 0. The maximum atomic E-state index is 8.74. The van der Waals surface area contributed by atoms with Gasteiger partial charge in [0.25, 0.3) is 0 Å². The van der Waals surface area contributed by atoms with Crippen molar-refractivity contribution < 1.29 is 5.11 Å². The van der Waals surface area contributed by atoms with Gasteiger partial charge in [0.2, 0.25) is 0 Å². The van der Waals surface area contributed by atoms with Crippen LogP contribution in [0.3, 0.4) is 0 Å². The zero-order valence-corrected chi connectivity index (χ0v) is 7.16. The van der Waals surface area contributed by atoms with Crippen LogP contribution in [0.25, 0.3) is 0 Å². The highest BCUT2D eigenvalue weighted by Crippen LogP contribution is 2.12. The second-order valence-corrected chi connectivity index (χ2v) is 2.94. The molecule has 0 aromatic heterocycles. The van der Waals surface area contributed by atoms with E-state index in [9.17, 15) is 0 Å². The molecule has 0 aromatic rings. The quantitative estimate of drug-likeness (QED) is 0.602. The maximum Gasteiger partial charge on any atom is 0.0471 e. The van der Waals surface area contributed by atoms with E-state index in [0.29, 0.717) is 18.6 Å². The molecule has 0 aromatic carbocycles. The molecule has 0 spiro atoms. The Morgan fingerprint density at radius 1 is 1.50 bits per heavy atom. The molecule has 62 valence electrons. The molecule has 1 fully saturated rings. The molecule has 0 unspecified atom stereocenters. The van der Waals surface area contributed by atoms with Gasteiger partial charge in [-0.2, -0.15) is 0 Å². The number of rotatable bonds is 1. The van der Waals surface area contributed by atoms with Crippen LogP contribution in [0.2, 0.25) is 0 Å². The fourth-order valence-electron chi connectivity index (χ4n) is 1.21. The van der Waals surface area contributed by atoms with Crippen LogP contribution in [0, 0.1) is 5.92 Å². The summed E-state index contributed by atoms with van der Waals surface area (Å²) >= 11 is 0. The molecule has 3 heteroatoms. The first-order valence-electron chi connectivity index (χ1n) is 3.67. The van der Waals surface area contributed by atoms with Crippen LogP contribution in [0.4, 0.5) is 0 Å². The lowest BCUT2D eigenvalue weighted by Gasteiger charge is -2.25. The molecule has 1 saturated heterocycles. The molecule has 10 heavy (non-hydrogen) atoms. The summed E-state index contributed by atoms with van der Waals surface area (Å²) in [4.78, 5) is 0. The molecule has 1 aliphatic heterocycles. The minimum absolute atomic E-state index is 0. The van der Waals surface area contributed by atoms with Crippen molar-refractivity contribution in [3.8, 4) is 0 Å². The Balaban J connectivity index is 0.000000810. The summed E-state index contributed by atoms with van der Waals surface area (Å²) in [5.74, 6) is 0.515. The van der Waals surface area contributed by atoms with E-state index in [1.807, 2.05) is 0 Å². The summed E-state index contributed by atoms with van der Waals surface area (Å²) in [6.45, 7) is 3.53. The number of halogens is 1. The largest absolute Gasteiger partial charge is 0.396 e. The van der Waals surface area contributed by atoms with Gasteiger partial charge in [0, 0.05) is 19.2 Å². The molecule has 1 rings (SSSR count). The van der Waals surface area contributed by atoms with Gasteiger partial charge < -0.3 is 10.4 Å². The fourth-order valence-corrected chi connectivity index (χ4v) is 1.21. The van der Waals surface area contributed by atoms with E-state index in [0.717, 1.165) is 6.54 Å². The van der Waals surface area contributed by atoms with Crippen molar-refractivity contribution in [2.24, 2.45) is 5.92 Å². The van der Waals surface area contributed by atoms with Crippen LogP contribution in [-0.2, 0) is 0 Å². The van der Waals surface area contributed by atoms with Crippen molar-refractivity contribution in [3.63, 3.8) is 0 Å². The third kappa shape index (κ3) is 2.86. The average molecular weight is 166 g/mol. The molecule has 2 atom stereocenters. The number of hydrogen-bond acceptors (Lipinski definition) is 2. The Kier molecular flexibility index (Phi) is 5.04. The topological polar surface area (TPSA) is 32.3 Å². The van der Waals surface area contributed by atoms with Gasteiger partial charge in [0.05, 0.1) is 0 Å². The smallest absolute Gasteiger partial charge is 0.0471 e. The van der Waals surface area contributed by atoms with Crippen LogP contribution in [-0.4, -0.2) is 24.3 Å². The highest BCUT2D eigenvalue weighted by atomic mass is 35.5. The average Bonchev–Trinajstić information content (AvgIpc) is 1.90. The van der Waals surface area contributed by atoms with E-state index in [4.69, 9.17) is 5.11 Å². The Labute approximate surface area is 68.4 Å². The van der Waals surface area contributed by atoms with Gasteiger partial charge >= 0.3 is 0 Å². The highest BCUT2D eigenvalue weighted by Gasteiger charge is 2.15. The summed E-state index contributed by atoms with van der Waals surface area (Å²) in [6, 6.07) is 0.660. The van der Waals surface area contributed by atoms with Crippen molar-refractivity contribution in [2.75, 3.05) is 13.2 Å². The first-order chi connectivity index (χ1) is 4.33. The van der Waals surface area contributed by atoms with Crippen molar-refractivity contribution >= 4 is 12.4 Å². The molecule has 0 saturated carbocycles. The summed E-state index contributed by atoms with van der Waals surface area (Å²) in [6.07, 6.45) is 2.40. The molecule has 0 aliphatic carbocycles. The lowest BCUT2D eigenvalue weighted by atomic mass is 9.96. The van der Waals surface area contributed by atoms with Crippen molar-refractivity contribution in [3.05, 3.63) is 0 Å². The van der Waals surface area contributed by atoms with Crippen LogP contribution in [0.1, 0.15) is 19.8 Å². The van der Waals surface area contributed by atoms with Crippen LogP contribution in [0.15, 0.2) is 0 Å². The second-order valence-electron chi connectivity index (χ2n) is 2.94. The van der Waals surface area contributed by atoms with Crippen LogP contribution >= 0.6 is 12.4 Å². The van der Waals surface area contributed by atoms with Gasteiger partial charge in [-0.05, 0) is 25.7 Å². The zero-order valence-electron chi connectivity index (χ0n) is 6.34. The van der Waals surface area contributed by atoms with Gasteiger partial charge in [0.1, 0.15) is 0 Å². The number of aliphatic hydroxyl groups excluding tert-OH is 1. The number of aliphatic hydroxyl groups is 1. The molecule has 0 radical (unpaired) electrons. The Morgan fingerprint density at radius 3 is 2.60 bits per heavy atom. The SMILES string of the molecule is C[C@@H]1CC[C@H](CO)CN1.Cl. The summed E-state index contributed by atoms with van der Waals surface area (Å²) in [5.41, 5.74) is 0. The first kappa shape index (κ1) is 10.2. The van der Waals surface area contributed by atoms with E-state index >= 15 is 0 Å². The normalized spacial score (nSPS) is 33.0. The first-order valence-corrected chi connectivity index (χ1v) is 3.67. The third-order valence-corrected chi connectivity index (χ3v) is 2.02. The standard InChI is InChI=1S/C7H15NO.ClH/c1-6-2-3-7(5-9)4-8-6;/h6-9H,2-5H2,1H3;1H/t6-,7+;/m1./s1. The van der Waals surface area contributed by atoms with E-state index < -0.39 is 0 Å². The van der Waals surface area contributed by atoms with Gasteiger partial charge in [0.15, 0.2) is 0 Å². The maximum absolute atomic E-state index is 8.74. The molecule has 0 amide bonds. The predicted molar refractivity (Wildman–Crippen MR) is 44.5 cm³/mol. The minimum atomic E-state index is 0. The van der Waals surface area contributed by atoms with Gasteiger partial charge in [-0.1, -0.05) is 0 Å². The zero-order chi connectivity index (χ0) is 6.69. The highest BCUT2D eigenvalue weighted by molar-refractivity contribution is 5.85. The van der Waals surface area contributed by atoms with Crippen molar-refractivity contribution in [1.82, 2.24) is 5.32 Å².